The Bertz CT molecular complexity index is 649. The molecule has 5 heteroatoms. The van der Waals surface area contributed by atoms with Gasteiger partial charge in [-0.1, -0.05) is 24.3 Å². The van der Waals surface area contributed by atoms with Crippen molar-refractivity contribution in [1.29, 1.82) is 0 Å². The Kier molecular flexibility index (Phi) is 4.88. The van der Waals surface area contributed by atoms with Crippen LogP contribution in [0.15, 0.2) is 60.5 Å². The topological polar surface area (TPSA) is 35.5 Å². The number of hydrogen-bond acceptors (Lipinski definition) is 3. The monoisotopic (exact) mass is 306 g/mol. The van der Waals surface area contributed by atoms with Gasteiger partial charge in [0, 0.05) is 19.1 Å². The summed E-state index contributed by atoms with van der Waals surface area (Å²) in [6, 6.07) is 6.74. The fourth-order valence-electron chi connectivity index (χ4n) is 2.07. The van der Waals surface area contributed by atoms with E-state index in [1.165, 1.54) is 25.3 Å². The van der Waals surface area contributed by atoms with Crippen LogP contribution < -0.4 is 4.74 Å². The van der Waals surface area contributed by atoms with Crippen LogP contribution in [-0.4, -0.2) is 25.9 Å². The maximum Gasteiger partial charge on any atom is 0.250 e. The van der Waals surface area contributed by atoms with Crippen LogP contribution in [0.3, 0.4) is 0 Å². The first-order valence-corrected chi connectivity index (χ1v) is 6.66. The normalized spacial score (nSPS) is 24.4. The molecule has 116 valence electrons. The summed E-state index contributed by atoms with van der Waals surface area (Å²) in [5.74, 6) is -3.62. The molecule has 0 N–H and O–H groups in total. The molecule has 0 heterocycles. The second-order valence-electron chi connectivity index (χ2n) is 4.74. The Morgan fingerprint density at radius 2 is 2.05 bits per heavy atom. The first-order valence-electron chi connectivity index (χ1n) is 6.66. The predicted molar refractivity (Wildman–Crippen MR) is 79.1 cm³/mol. The molecule has 0 fully saturated rings. The summed E-state index contributed by atoms with van der Waals surface area (Å²) in [5, 5.41) is 0. The Labute approximate surface area is 127 Å². The van der Waals surface area contributed by atoms with Gasteiger partial charge in [0.05, 0.1) is 12.7 Å². The van der Waals surface area contributed by atoms with Crippen molar-refractivity contribution in [3.63, 3.8) is 0 Å². The Morgan fingerprint density at radius 3 is 2.68 bits per heavy atom. The molecule has 1 aromatic carbocycles. The maximum atomic E-state index is 13.8. The van der Waals surface area contributed by atoms with Gasteiger partial charge in [0.2, 0.25) is 5.85 Å². The molecule has 0 bridgehead atoms. The SMILES string of the molecule is COc1ccccc1C(=O)/C=C/C1C=CC(F)(OC)C=C1F. The van der Waals surface area contributed by atoms with E-state index in [2.05, 4.69) is 4.74 Å². The summed E-state index contributed by atoms with van der Waals surface area (Å²) in [7, 11) is 2.61. The summed E-state index contributed by atoms with van der Waals surface area (Å²) < 4.78 is 37.2. The van der Waals surface area contributed by atoms with Gasteiger partial charge in [0.25, 0.3) is 0 Å². The molecule has 0 saturated heterocycles. The van der Waals surface area contributed by atoms with E-state index in [0.29, 0.717) is 11.3 Å². The number of alkyl halides is 1. The highest BCUT2D eigenvalue weighted by Gasteiger charge is 2.29. The second-order valence-corrected chi connectivity index (χ2v) is 4.74. The van der Waals surface area contributed by atoms with E-state index in [1.807, 2.05) is 0 Å². The van der Waals surface area contributed by atoms with Crippen LogP contribution in [0.2, 0.25) is 0 Å². The Balaban J connectivity index is 2.15. The minimum absolute atomic E-state index is 0.317. The number of benzene rings is 1. The lowest BCUT2D eigenvalue weighted by molar-refractivity contribution is -0.0405. The zero-order chi connectivity index (χ0) is 16.2. The molecule has 2 unspecified atom stereocenters. The summed E-state index contributed by atoms with van der Waals surface area (Å²) in [5.41, 5.74) is 0.377. The molecule has 22 heavy (non-hydrogen) atoms. The van der Waals surface area contributed by atoms with E-state index in [9.17, 15) is 13.6 Å². The number of para-hydroxylation sites is 1. The number of carbonyl (C=O) groups excluding carboxylic acids is 1. The molecule has 2 rings (SSSR count). The highest BCUT2D eigenvalue weighted by molar-refractivity contribution is 6.06. The molecule has 0 saturated carbocycles. The number of allylic oxidation sites excluding steroid dienone is 4. The number of rotatable bonds is 5. The van der Waals surface area contributed by atoms with Gasteiger partial charge < -0.3 is 9.47 Å². The maximum absolute atomic E-state index is 13.8. The molecule has 1 aliphatic carbocycles. The summed E-state index contributed by atoms with van der Waals surface area (Å²) >= 11 is 0. The van der Waals surface area contributed by atoms with Gasteiger partial charge in [0.1, 0.15) is 11.6 Å². The van der Waals surface area contributed by atoms with Crippen molar-refractivity contribution in [2.75, 3.05) is 14.2 Å². The molecule has 3 nitrogen and oxygen atoms in total. The van der Waals surface area contributed by atoms with Gasteiger partial charge >= 0.3 is 0 Å². The Morgan fingerprint density at radius 1 is 1.32 bits per heavy atom. The first kappa shape index (κ1) is 16.1. The molecular weight excluding hydrogens is 290 g/mol. The van der Waals surface area contributed by atoms with Crippen LogP contribution in [0.25, 0.3) is 0 Å². The van der Waals surface area contributed by atoms with Crippen LogP contribution in [0.4, 0.5) is 8.78 Å². The molecule has 2 atom stereocenters. The van der Waals surface area contributed by atoms with Crippen molar-refractivity contribution < 1.29 is 23.0 Å². The number of ether oxygens (including phenoxy) is 2. The summed E-state index contributed by atoms with van der Waals surface area (Å²) in [4.78, 5) is 12.1. The zero-order valence-corrected chi connectivity index (χ0v) is 12.3. The van der Waals surface area contributed by atoms with Crippen LogP contribution in [0.5, 0.6) is 5.75 Å². The fraction of sp³-hybridized carbons (Fsp3) is 0.235. The van der Waals surface area contributed by atoms with Gasteiger partial charge in [-0.15, -0.1) is 0 Å². The van der Waals surface area contributed by atoms with Gasteiger partial charge in [0.15, 0.2) is 5.78 Å². The zero-order valence-electron chi connectivity index (χ0n) is 12.3. The second kappa shape index (κ2) is 6.66. The number of ketones is 1. The third-order valence-corrected chi connectivity index (χ3v) is 3.32. The highest BCUT2D eigenvalue weighted by Crippen LogP contribution is 2.30. The lowest BCUT2D eigenvalue weighted by atomic mass is 9.97. The average molecular weight is 306 g/mol. The lowest BCUT2D eigenvalue weighted by Crippen LogP contribution is -2.23. The molecule has 0 aromatic heterocycles. The molecule has 1 aromatic rings. The van der Waals surface area contributed by atoms with Crippen molar-refractivity contribution in [3.8, 4) is 5.75 Å². The summed E-state index contributed by atoms with van der Waals surface area (Å²) in [6.45, 7) is 0. The molecular formula is C17H16F2O3. The Hall–Kier alpha value is -2.27. The van der Waals surface area contributed by atoms with Gasteiger partial charge in [-0.05, 0) is 24.3 Å². The van der Waals surface area contributed by atoms with Crippen LogP contribution in [0, 0.1) is 5.92 Å². The largest absolute Gasteiger partial charge is 0.496 e. The van der Waals surface area contributed by atoms with Crippen molar-refractivity contribution in [3.05, 3.63) is 66.0 Å². The van der Waals surface area contributed by atoms with Crippen LogP contribution in [0.1, 0.15) is 10.4 Å². The fourth-order valence-corrected chi connectivity index (χ4v) is 2.07. The van der Waals surface area contributed by atoms with E-state index in [-0.39, 0.29) is 5.78 Å². The van der Waals surface area contributed by atoms with E-state index >= 15 is 0 Å². The van der Waals surface area contributed by atoms with E-state index in [1.54, 1.807) is 24.3 Å². The molecule has 1 aliphatic rings. The standard InChI is InChI=1S/C17H16F2O3/c1-21-16-6-4-3-5-13(16)15(20)8-7-12-9-10-17(19,22-2)11-14(12)18/h3-12H,1-2H3/b8-7+. The van der Waals surface area contributed by atoms with Crippen molar-refractivity contribution in [2.24, 2.45) is 5.92 Å². The third-order valence-electron chi connectivity index (χ3n) is 3.32. The lowest BCUT2D eigenvalue weighted by Gasteiger charge is -2.21. The van der Waals surface area contributed by atoms with E-state index < -0.39 is 17.6 Å². The van der Waals surface area contributed by atoms with Crippen molar-refractivity contribution in [1.82, 2.24) is 0 Å². The first-order chi connectivity index (χ1) is 10.5. The molecule has 0 spiro atoms. The van der Waals surface area contributed by atoms with E-state index in [0.717, 1.165) is 19.3 Å². The minimum atomic E-state index is -2.24. The van der Waals surface area contributed by atoms with Crippen LogP contribution >= 0.6 is 0 Å². The van der Waals surface area contributed by atoms with Crippen molar-refractivity contribution >= 4 is 5.78 Å². The molecule has 0 amide bonds. The smallest absolute Gasteiger partial charge is 0.250 e. The number of carbonyl (C=O) groups is 1. The van der Waals surface area contributed by atoms with Gasteiger partial charge in [-0.2, -0.15) is 0 Å². The number of halogens is 2. The van der Waals surface area contributed by atoms with E-state index in [4.69, 9.17) is 4.74 Å². The molecule has 0 radical (unpaired) electrons. The number of methoxy groups -OCH3 is 2. The summed E-state index contributed by atoms with van der Waals surface area (Å²) in [6.07, 6.45) is 5.78. The minimum Gasteiger partial charge on any atom is -0.496 e. The highest BCUT2D eigenvalue weighted by atomic mass is 19.2. The van der Waals surface area contributed by atoms with Gasteiger partial charge in [-0.3, -0.25) is 4.79 Å². The molecule has 0 aliphatic heterocycles. The average Bonchev–Trinajstić information content (AvgIpc) is 2.53. The quantitative estimate of drug-likeness (QED) is 0.472. The third kappa shape index (κ3) is 3.49. The van der Waals surface area contributed by atoms with Crippen LogP contribution in [-0.2, 0) is 4.74 Å². The van der Waals surface area contributed by atoms with Gasteiger partial charge in [-0.25, -0.2) is 8.78 Å². The number of hydrogen-bond donors (Lipinski definition) is 0. The van der Waals surface area contributed by atoms with Crippen molar-refractivity contribution in [2.45, 2.75) is 5.85 Å². The predicted octanol–water partition coefficient (Wildman–Crippen LogP) is 3.79.